The molecule has 0 spiro atoms. The molecular weight excluding hydrogens is 296 g/mol. The van der Waals surface area contributed by atoms with Crippen LogP contribution in [0.3, 0.4) is 0 Å². The predicted octanol–water partition coefficient (Wildman–Crippen LogP) is 1.16. The van der Waals surface area contributed by atoms with Crippen molar-refractivity contribution < 1.29 is 22.4 Å². The maximum atomic E-state index is 12.2. The maximum Gasteiger partial charge on any atom is 0.337 e. The first-order valence-corrected chi connectivity index (χ1v) is 8.12. The minimum atomic E-state index is -3.70. The standard InChI is InChI=1S/C13H18N2O5S/c1-3-12-11(13(16)19-4-2)9-15(21(17,18)14-12)8-10-6-5-7-20-10/h5-7,9,12,14H,3-4,8H2,1-2H3. The van der Waals surface area contributed by atoms with E-state index in [2.05, 4.69) is 4.72 Å². The second-order valence-electron chi connectivity index (χ2n) is 4.51. The first-order chi connectivity index (χ1) is 9.97. The number of hydrogen-bond acceptors (Lipinski definition) is 5. The van der Waals surface area contributed by atoms with Gasteiger partial charge in [0.1, 0.15) is 5.76 Å². The number of nitrogens with one attached hydrogen (secondary N) is 1. The minimum Gasteiger partial charge on any atom is -0.467 e. The Labute approximate surface area is 123 Å². The van der Waals surface area contributed by atoms with Crippen molar-refractivity contribution in [2.45, 2.75) is 32.9 Å². The van der Waals surface area contributed by atoms with Gasteiger partial charge in [-0.25, -0.2) is 4.79 Å². The number of carbonyl (C=O) groups is 1. The largest absolute Gasteiger partial charge is 0.467 e. The van der Waals surface area contributed by atoms with Crippen molar-refractivity contribution in [3.05, 3.63) is 35.9 Å². The maximum absolute atomic E-state index is 12.2. The van der Waals surface area contributed by atoms with Crippen LogP contribution in [0.25, 0.3) is 0 Å². The van der Waals surface area contributed by atoms with Gasteiger partial charge in [0, 0.05) is 6.20 Å². The highest BCUT2D eigenvalue weighted by Crippen LogP contribution is 2.21. The van der Waals surface area contributed by atoms with Crippen LogP contribution in [0.1, 0.15) is 26.0 Å². The van der Waals surface area contributed by atoms with E-state index in [4.69, 9.17) is 9.15 Å². The van der Waals surface area contributed by atoms with Crippen molar-refractivity contribution in [2.24, 2.45) is 0 Å². The van der Waals surface area contributed by atoms with Crippen molar-refractivity contribution in [3.63, 3.8) is 0 Å². The molecule has 0 fully saturated rings. The Balaban J connectivity index is 2.32. The molecule has 1 aliphatic heterocycles. The second kappa shape index (κ2) is 6.31. The number of esters is 1. The van der Waals surface area contributed by atoms with Crippen molar-refractivity contribution in [1.82, 2.24) is 9.03 Å². The number of nitrogens with zero attached hydrogens (tertiary/aromatic N) is 1. The zero-order chi connectivity index (χ0) is 15.5. The van der Waals surface area contributed by atoms with Crippen molar-refractivity contribution in [3.8, 4) is 0 Å². The van der Waals surface area contributed by atoms with E-state index < -0.39 is 22.2 Å². The van der Waals surface area contributed by atoms with Gasteiger partial charge in [-0.15, -0.1) is 0 Å². The number of ether oxygens (including phenoxy) is 1. The quantitative estimate of drug-likeness (QED) is 0.824. The summed E-state index contributed by atoms with van der Waals surface area (Å²) >= 11 is 0. The molecule has 2 heterocycles. The molecule has 2 rings (SSSR count). The first-order valence-electron chi connectivity index (χ1n) is 6.68. The summed E-state index contributed by atoms with van der Waals surface area (Å²) in [4.78, 5) is 12.0. The van der Waals surface area contributed by atoms with Crippen LogP contribution < -0.4 is 4.72 Å². The molecule has 21 heavy (non-hydrogen) atoms. The molecule has 0 saturated heterocycles. The molecule has 7 nitrogen and oxygen atoms in total. The average Bonchev–Trinajstić information content (AvgIpc) is 2.93. The Morgan fingerprint density at radius 2 is 2.24 bits per heavy atom. The van der Waals surface area contributed by atoms with Gasteiger partial charge in [-0.2, -0.15) is 13.1 Å². The number of carbonyl (C=O) groups excluding carboxylic acids is 1. The van der Waals surface area contributed by atoms with Gasteiger partial charge in [0.2, 0.25) is 0 Å². The van der Waals surface area contributed by atoms with Gasteiger partial charge in [-0.1, -0.05) is 6.92 Å². The van der Waals surface area contributed by atoms with Crippen molar-refractivity contribution >= 4 is 16.2 Å². The van der Waals surface area contributed by atoms with Gasteiger partial charge in [0.15, 0.2) is 0 Å². The molecule has 1 N–H and O–H groups in total. The van der Waals surface area contributed by atoms with Crippen molar-refractivity contribution in [1.29, 1.82) is 0 Å². The fraction of sp³-hybridized carbons (Fsp3) is 0.462. The van der Waals surface area contributed by atoms with Crippen LogP contribution in [0.4, 0.5) is 0 Å². The van der Waals surface area contributed by atoms with E-state index in [0.29, 0.717) is 17.8 Å². The molecule has 1 unspecified atom stereocenters. The van der Waals surface area contributed by atoms with Crippen LogP contribution >= 0.6 is 0 Å². The van der Waals surface area contributed by atoms with Gasteiger partial charge in [-0.05, 0) is 25.5 Å². The SMILES string of the molecule is CCOC(=O)C1=CN(Cc2ccco2)S(=O)(=O)NC1CC. The van der Waals surface area contributed by atoms with E-state index in [9.17, 15) is 13.2 Å². The number of rotatable bonds is 5. The molecule has 0 saturated carbocycles. The van der Waals surface area contributed by atoms with E-state index in [0.717, 1.165) is 4.31 Å². The van der Waals surface area contributed by atoms with Gasteiger partial charge in [0.05, 0.1) is 31.0 Å². The molecule has 0 radical (unpaired) electrons. The van der Waals surface area contributed by atoms with Crippen LogP contribution in [0.15, 0.2) is 34.6 Å². The molecule has 116 valence electrons. The number of hydrogen-bond donors (Lipinski definition) is 1. The molecule has 0 bridgehead atoms. The fourth-order valence-electron chi connectivity index (χ4n) is 2.02. The van der Waals surface area contributed by atoms with Gasteiger partial charge in [0.25, 0.3) is 0 Å². The molecule has 0 amide bonds. The third kappa shape index (κ3) is 3.45. The highest BCUT2D eigenvalue weighted by atomic mass is 32.2. The summed E-state index contributed by atoms with van der Waals surface area (Å²) in [5.74, 6) is -0.0361. The number of furan rings is 1. The molecule has 1 aromatic heterocycles. The molecule has 1 aromatic rings. The molecule has 0 aromatic carbocycles. The Kier molecular flexibility index (Phi) is 4.69. The van der Waals surface area contributed by atoms with Crippen LogP contribution in [0.5, 0.6) is 0 Å². The van der Waals surface area contributed by atoms with Crippen LogP contribution in [0.2, 0.25) is 0 Å². The van der Waals surface area contributed by atoms with Crippen LogP contribution in [0, 0.1) is 0 Å². The molecule has 8 heteroatoms. The summed E-state index contributed by atoms with van der Waals surface area (Å²) in [5.41, 5.74) is 0.292. The molecule has 0 aliphatic carbocycles. The Morgan fingerprint density at radius 1 is 1.48 bits per heavy atom. The van der Waals surface area contributed by atoms with E-state index in [-0.39, 0.29) is 13.2 Å². The summed E-state index contributed by atoms with van der Waals surface area (Å²) in [6.45, 7) is 3.74. The third-order valence-corrected chi connectivity index (χ3v) is 4.50. The lowest BCUT2D eigenvalue weighted by Gasteiger charge is -2.30. The van der Waals surface area contributed by atoms with E-state index >= 15 is 0 Å². The van der Waals surface area contributed by atoms with Crippen LogP contribution in [-0.4, -0.2) is 31.3 Å². The molecule has 1 aliphatic rings. The van der Waals surface area contributed by atoms with E-state index in [1.807, 2.05) is 0 Å². The summed E-state index contributed by atoms with van der Waals surface area (Å²) in [6, 6.07) is 2.76. The van der Waals surface area contributed by atoms with Crippen LogP contribution in [-0.2, 0) is 26.3 Å². The summed E-state index contributed by atoms with van der Waals surface area (Å²) in [6.07, 6.45) is 3.24. The summed E-state index contributed by atoms with van der Waals surface area (Å²) in [7, 11) is -3.70. The Bertz CT molecular complexity index is 621. The lowest BCUT2D eigenvalue weighted by Crippen LogP contribution is -2.49. The summed E-state index contributed by atoms with van der Waals surface area (Å²) in [5, 5.41) is 0. The first kappa shape index (κ1) is 15.6. The third-order valence-electron chi connectivity index (χ3n) is 3.07. The topological polar surface area (TPSA) is 88.8 Å². The molecular formula is C13H18N2O5S. The highest BCUT2D eigenvalue weighted by Gasteiger charge is 2.34. The lowest BCUT2D eigenvalue weighted by molar-refractivity contribution is -0.139. The highest BCUT2D eigenvalue weighted by molar-refractivity contribution is 7.87. The van der Waals surface area contributed by atoms with Crippen molar-refractivity contribution in [2.75, 3.05) is 6.61 Å². The molecule has 1 atom stereocenters. The van der Waals surface area contributed by atoms with Gasteiger partial charge < -0.3 is 9.15 Å². The predicted molar refractivity (Wildman–Crippen MR) is 75.1 cm³/mol. The van der Waals surface area contributed by atoms with E-state index in [1.165, 1.54) is 12.5 Å². The minimum absolute atomic E-state index is 0.0155. The lowest BCUT2D eigenvalue weighted by atomic mass is 10.1. The van der Waals surface area contributed by atoms with Gasteiger partial charge in [-0.3, -0.25) is 4.31 Å². The normalized spacial score (nSPS) is 21.0. The Morgan fingerprint density at radius 3 is 2.81 bits per heavy atom. The van der Waals surface area contributed by atoms with Gasteiger partial charge >= 0.3 is 16.2 Å². The monoisotopic (exact) mass is 314 g/mol. The zero-order valence-electron chi connectivity index (χ0n) is 11.9. The zero-order valence-corrected chi connectivity index (χ0v) is 12.7. The average molecular weight is 314 g/mol. The Hall–Kier alpha value is -1.80. The fourth-order valence-corrected chi connectivity index (χ4v) is 3.36. The smallest absolute Gasteiger partial charge is 0.337 e. The van der Waals surface area contributed by atoms with E-state index in [1.54, 1.807) is 26.0 Å². The second-order valence-corrected chi connectivity index (χ2v) is 6.17. The summed E-state index contributed by atoms with van der Waals surface area (Å²) < 4.78 is 38.0.